The van der Waals surface area contributed by atoms with Crippen LogP contribution >= 0.6 is 0 Å². The van der Waals surface area contributed by atoms with Crippen molar-refractivity contribution in [1.82, 2.24) is 9.88 Å². The molecule has 21 heavy (non-hydrogen) atoms. The maximum absolute atomic E-state index is 5.19. The number of rotatable bonds is 8. The molecule has 0 aliphatic heterocycles. The number of ether oxygens (including phenoxy) is 1. The molecular weight excluding hydrogens is 260 g/mol. The van der Waals surface area contributed by atoms with Crippen LogP contribution in [0.25, 0.3) is 0 Å². The maximum atomic E-state index is 5.19. The summed E-state index contributed by atoms with van der Waals surface area (Å²) < 4.78 is 7.44. The smallest absolute Gasteiger partial charge is 0.118 e. The van der Waals surface area contributed by atoms with Crippen LogP contribution in [0.1, 0.15) is 43.9 Å². The molecule has 0 saturated heterocycles. The average molecular weight is 286 g/mol. The summed E-state index contributed by atoms with van der Waals surface area (Å²) in [6.07, 6.45) is 6.70. The SMILES string of the molecule is CCCNC(CC)c1ccn(Cc2ccc(OC)cc2)c1. The van der Waals surface area contributed by atoms with Crippen LogP contribution in [0.2, 0.25) is 0 Å². The molecule has 1 aromatic carbocycles. The summed E-state index contributed by atoms with van der Waals surface area (Å²) in [5.41, 5.74) is 2.66. The number of methoxy groups -OCH3 is 1. The molecule has 0 amide bonds. The molecule has 1 atom stereocenters. The van der Waals surface area contributed by atoms with Gasteiger partial charge in [-0.15, -0.1) is 0 Å². The van der Waals surface area contributed by atoms with Crippen molar-refractivity contribution in [3.63, 3.8) is 0 Å². The van der Waals surface area contributed by atoms with E-state index in [0.29, 0.717) is 6.04 Å². The first-order chi connectivity index (χ1) is 10.3. The summed E-state index contributed by atoms with van der Waals surface area (Å²) in [6.45, 7) is 6.40. The highest BCUT2D eigenvalue weighted by molar-refractivity contribution is 5.27. The number of aromatic nitrogens is 1. The average Bonchev–Trinajstić information content (AvgIpc) is 2.97. The van der Waals surface area contributed by atoms with Gasteiger partial charge in [-0.3, -0.25) is 0 Å². The minimum Gasteiger partial charge on any atom is -0.497 e. The molecule has 3 nitrogen and oxygen atoms in total. The first-order valence-electron chi connectivity index (χ1n) is 7.78. The molecule has 3 heteroatoms. The largest absolute Gasteiger partial charge is 0.497 e. The van der Waals surface area contributed by atoms with Gasteiger partial charge in [0.05, 0.1) is 7.11 Å². The van der Waals surface area contributed by atoms with Crippen molar-refractivity contribution in [2.75, 3.05) is 13.7 Å². The molecule has 0 radical (unpaired) electrons. The molecule has 0 aliphatic rings. The van der Waals surface area contributed by atoms with E-state index >= 15 is 0 Å². The Labute approximate surface area is 127 Å². The van der Waals surface area contributed by atoms with Crippen molar-refractivity contribution in [3.8, 4) is 5.75 Å². The molecule has 2 rings (SSSR count). The van der Waals surface area contributed by atoms with Gasteiger partial charge in [-0.05, 0) is 48.7 Å². The number of hydrogen-bond donors (Lipinski definition) is 1. The Morgan fingerprint density at radius 3 is 2.52 bits per heavy atom. The molecule has 0 aliphatic carbocycles. The molecule has 0 saturated carbocycles. The van der Waals surface area contributed by atoms with E-state index in [0.717, 1.165) is 25.3 Å². The molecule has 1 aromatic heterocycles. The molecular formula is C18H26N2O. The van der Waals surface area contributed by atoms with E-state index in [4.69, 9.17) is 4.74 Å². The molecule has 0 fully saturated rings. The van der Waals surface area contributed by atoms with Gasteiger partial charge in [0.25, 0.3) is 0 Å². The molecule has 1 heterocycles. The summed E-state index contributed by atoms with van der Waals surface area (Å²) in [4.78, 5) is 0. The highest BCUT2D eigenvalue weighted by Gasteiger charge is 2.09. The lowest BCUT2D eigenvalue weighted by molar-refractivity contribution is 0.414. The van der Waals surface area contributed by atoms with Crippen molar-refractivity contribution in [1.29, 1.82) is 0 Å². The fraction of sp³-hybridized carbons (Fsp3) is 0.444. The standard InChI is InChI=1S/C18H26N2O/c1-4-11-19-18(5-2)16-10-12-20(14-16)13-15-6-8-17(21-3)9-7-15/h6-10,12,14,18-19H,4-5,11,13H2,1-3H3. The van der Waals surface area contributed by atoms with Crippen molar-refractivity contribution in [2.45, 2.75) is 39.3 Å². The van der Waals surface area contributed by atoms with Crippen molar-refractivity contribution >= 4 is 0 Å². The second-order valence-electron chi connectivity index (χ2n) is 5.38. The van der Waals surface area contributed by atoms with Gasteiger partial charge >= 0.3 is 0 Å². The van der Waals surface area contributed by atoms with Gasteiger partial charge in [-0.1, -0.05) is 26.0 Å². The lowest BCUT2D eigenvalue weighted by Gasteiger charge is -2.15. The fourth-order valence-corrected chi connectivity index (χ4v) is 2.52. The van der Waals surface area contributed by atoms with E-state index < -0.39 is 0 Å². The van der Waals surface area contributed by atoms with E-state index in [1.165, 1.54) is 17.5 Å². The Hall–Kier alpha value is -1.74. The zero-order chi connectivity index (χ0) is 15.1. The minimum atomic E-state index is 0.460. The Balaban J connectivity index is 2.01. The highest BCUT2D eigenvalue weighted by Crippen LogP contribution is 2.18. The normalized spacial score (nSPS) is 12.3. The quantitative estimate of drug-likeness (QED) is 0.794. The van der Waals surface area contributed by atoms with Crippen LogP contribution in [0, 0.1) is 0 Å². The predicted octanol–water partition coefficient (Wildman–Crippen LogP) is 4.00. The third kappa shape index (κ3) is 4.36. The Morgan fingerprint density at radius 1 is 1.14 bits per heavy atom. The van der Waals surface area contributed by atoms with Crippen LogP contribution in [-0.2, 0) is 6.54 Å². The van der Waals surface area contributed by atoms with E-state index in [-0.39, 0.29) is 0 Å². The number of benzene rings is 1. The number of nitrogens with one attached hydrogen (secondary N) is 1. The third-order valence-electron chi connectivity index (χ3n) is 3.75. The van der Waals surface area contributed by atoms with Crippen LogP contribution in [0.5, 0.6) is 5.75 Å². The molecule has 1 N–H and O–H groups in total. The Bertz CT molecular complexity index is 530. The van der Waals surface area contributed by atoms with Gasteiger partial charge in [-0.25, -0.2) is 0 Å². The van der Waals surface area contributed by atoms with Gasteiger partial charge in [0.15, 0.2) is 0 Å². The van der Waals surface area contributed by atoms with Crippen LogP contribution < -0.4 is 10.1 Å². The zero-order valence-corrected chi connectivity index (χ0v) is 13.3. The van der Waals surface area contributed by atoms with E-state index in [9.17, 15) is 0 Å². The van der Waals surface area contributed by atoms with Crippen LogP contribution in [0.4, 0.5) is 0 Å². The van der Waals surface area contributed by atoms with Crippen LogP contribution in [0.15, 0.2) is 42.7 Å². The maximum Gasteiger partial charge on any atom is 0.118 e. The lowest BCUT2D eigenvalue weighted by Crippen LogP contribution is -2.21. The molecule has 0 spiro atoms. The van der Waals surface area contributed by atoms with E-state index in [1.54, 1.807) is 7.11 Å². The van der Waals surface area contributed by atoms with Gasteiger partial charge in [0.1, 0.15) is 5.75 Å². The summed E-state index contributed by atoms with van der Waals surface area (Å²) in [5, 5.41) is 3.60. The minimum absolute atomic E-state index is 0.460. The second-order valence-corrected chi connectivity index (χ2v) is 5.38. The second kappa shape index (κ2) is 7.89. The number of hydrogen-bond acceptors (Lipinski definition) is 2. The highest BCUT2D eigenvalue weighted by atomic mass is 16.5. The fourth-order valence-electron chi connectivity index (χ4n) is 2.52. The Morgan fingerprint density at radius 2 is 1.90 bits per heavy atom. The summed E-state index contributed by atoms with van der Waals surface area (Å²) >= 11 is 0. The van der Waals surface area contributed by atoms with E-state index in [2.05, 4.69) is 54.3 Å². The summed E-state index contributed by atoms with van der Waals surface area (Å²) in [5.74, 6) is 0.904. The molecule has 2 aromatic rings. The van der Waals surface area contributed by atoms with Crippen molar-refractivity contribution in [3.05, 3.63) is 53.9 Å². The lowest BCUT2D eigenvalue weighted by atomic mass is 10.1. The third-order valence-corrected chi connectivity index (χ3v) is 3.75. The van der Waals surface area contributed by atoms with Crippen molar-refractivity contribution in [2.24, 2.45) is 0 Å². The van der Waals surface area contributed by atoms with Gasteiger partial charge in [0, 0.05) is 25.0 Å². The predicted molar refractivity (Wildman–Crippen MR) is 87.9 cm³/mol. The summed E-state index contributed by atoms with van der Waals surface area (Å²) in [7, 11) is 1.70. The first kappa shape index (κ1) is 15.6. The molecule has 0 bridgehead atoms. The summed E-state index contributed by atoms with van der Waals surface area (Å²) in [6, 6.07) is 10.9. The Kier molecular flexibility index (Phi) is 5.88. The van der Waals surface area contributed by atoms with E-state index in [1.807, 2.05) is 12.1 Å². The van der Waals surface area contributed by atoms with Gasteiger partial charge in [0.2, 0.25) is 0 Å². The van der Waals surface area contributed by atoms with Crippen molar-refractivity contribution < 1.29 is 4.74 Å². The zero-order valence-electron chi connectivity index (χ0n) is 13.3. The molecule has 1 unspecified atom stereocenters. The van der Waals surface area contributed by atoms with Crippen LogP contribution in [0.3, 0.4) is 0 Å². The molecule has 114 valence electrons. The monoisotopic (exact) mass is 286 g/mol. The number of nitrogens with zero attached hydrogens (tertiary/aromatic N) is 1. The topological polar surface area (TPSA) is 26.2 Å². The van der Waals surface area contributed by atoms with Gasteiger partial charge < -0.3 is 14.6 Å². The first-order valence-corrected chi connectivity index (χ1v) is 7.78. The van der Waals surface area contributed by atoms with Gasteiger partial charge in [-0.2, -0.15) is 0 Å². The van der Waals surface area contributed by atoms with Crippen LogP contribution in [-0.4, -0.2) is 18.2 Å².